The van der Waals surface area contributed by atoms with E-state index >= 15 is 0 Å². The highest BCUT2D eigenvalue weighted by Crippen LogP contribution is 2.23. The second-order valence-electron chi connectivity index (χ2n) is 6.28. The maximum atomic E-state index is 5.27. The highest BCUT2D eigenvalue weighted by molar-refractivity contribution is 5.62. The third kappa shape index (κ3) is 3.51. The van der Waals surface area contributed by atoms with E-state index in [1.54, 1.807) is 7.11 Å². The van der Waals surface area contributed by atoms with Crippen LogP contribution in [0.3, 0.4) is 0 Å². The Hall–Kier alpha value is -2.59. The molecule has 4 aromatic rings. The minimum Gasteiger partial charge on any atom is -1.00 e. The van der Waals surface area contributed by atoms with Crippen LogP contribution in [-0.2, 0) is 6.54 Å². The van der Waals surface area contributed by atoms with Gasteiger partial charge in [0.05, 0.1) is 13.3 Å². The molecule has 26 heavy (non-hydrogen) atoms. The first kappa shape index (κ1) is 18.2. The van der Waals surface area contributed by atoms with Gasteiger partial charge in [0.25, 0.3) is 5.65 Å². The normalized spacial score (nSPS) is 10.5. The number of fused-ring (bicyclic) bond motifs is 1. The molecule has 2 aromatic heterocycles. The number of hydrogen-bond acceptors (Lipinski definition) is 1. The van der Waals surface area contributed by atoms with Crippen molar-refractivity contribution in [2.24, 2.45) is 0 Å². The molecule has 2 aromatic carbocycles. The molecule has 0 saturated heterocycles. The van der Waals surface area contributed by atoms with Gasteiger partial charge in [0.2, 0.25) is 0 Å². The Morgan fingerprint density at radius 1 is 0.923 bits per heavy atom. The highest BCUT2D eigenvalue weighted by Gasteiger charge is 2.19. The van der Waals surface area contributed by atoms with Gasteiger partial charge >= 0.3 is 0 Å². The molecule has 0 aliphatic carbocycles. The molecular weight excluding hydrogens is 388 g/mol. The molecule has 0 bridgehead atoms. The van der Waals surface area contributed by atoms with Gasteiger partial charge in [-0.1, -0.05) is 48.0 Å². The Kier molecular flexibility index (Phi) is 5.43. The van der Waals surface area contributed by atoms with E-state index in [-0.39, 0.29) is 17.0 Å². The topological polar surface area (TPSA) is 18.3 Å². The van der Waals surface area contributed by atoms with Gasteiger partial charge in [0, 0.05) is 11.6 Å². The van der Waals surface area contributed by atoms with Gasteiger partial charge in [-0.3, -0.25) is 0 Å². The molecule has 0 amide bonds. The molecule has 0 atom stereocenters. The summed E-state index contributed by atoms with van der Waals surface area (Å²) >= 11 is 0. The number of halogens is 1. The van der Waals surface area contributed by atoms with Gasteiger partial charge in [-0.25, -0.2) is 8.97 Å². The molecular formula is C22H21BrN2O. The lowest BCUT2D eigenvalue weighted by Gasteiger charge is -2.05. The maximum Gasteiger partial charge on any atom is 0.286 e. The summed E-state index contributed by atoms with van der Waals surface area (Å²) in [6, 6.07) is 23.3. The number of hydrogen-bond donors (Lipinski definition) is 0. The van der Waals surface area contributed by atoms with Crippen LogP contribution in [0.2, 0.25) is 0 Å². The standard InChI is InChI=1S/C22H21N2O.BrH/c1-17-6-10-19(11-7-17)21-16-23-14-4-3-5-22(23)24(21)15-18-8-12-20(25-2)13-9-18;/h3-14,16H,15H2,1-2H3;1H/q+1;/p-1. The molecule has 3 nitrogen and oxygen atoms in total. The van der Waals surface area contributed by atoms with Crippen LogP contribution in [0.25, 0.3) is 16.9 Å². The first-order valence-corrected chi connectivity index (χ1v) is 8.44. The van der Waals surface area contributed by atoms with Crippen LogP contribution in [0.1, 0.15) is 11.1 Å². The zero-order chi connectivity index (χ0) is 17.2. The first-order valence-electron chi connectivity index (χ1n) is 8.44. The number of aryl methyl sites for hydroxylation is 1. The van der Waals surface area contributed by atoms with Gasteiger partial charge in [0.1, 0.15) is 18.5 Å². The average molecular weight is 409 g/mol. The van der Waals surface area contributed by atoms with Crippen molar-refractivity contribution in [3.05, 3.63) is 90.3 Å². The number of aromatic nitrogens is 2. The van der Waals surface area contributed by atoms with Crippen molar-refractivity contribution in [1.29, 1.82) is 0 Å². The average Bonchev–Trinajstić information content (AvgIpc) is 3.02. The Bertz CT molecular complexity index is 1000. The van der Waals surface area contributed by atoms with Crippen LogP contribution < -0.4 is 26.1 Å². The Balaban J connectivity index is 0.00000196. The maximum absolute atomic E-state index is 5.27. The van der Waals surface area contributed by atoms with Crippen LogP contribution in [-0.4, -0.2) is 11.7 Å². The molecule has 4 rings (SSSR count). The minimum absolute atomic E-state index is 0. The predicted octanol–water partition coefficient (Wildman–Crippen LogP) is 1.26. The largest absolute Gasteiger partial charge is 1.00 e. The summed E-state index contributed by atoms with van der Waals surface area (Å²) in [4.78, 5) is 0. The smallest absolute Gasteiger partial charge is 0.286 e. The molecule has 0 fully saturated rings. The number of pyridine rings is 1. The number of rotatable bonds is 4. The molecule has 132 valence electrons. The van der Waals surface area contributed by atoms with Gasteiger partial charge in [0.15, 0.2) is 5.69 Å². The SMILES string of the molecule is COc1ccc(Cn2c(-c3ccc(C)cc3)c[n+]3ccccc23)cc1.[Br-]. The first-order chi connectivity index (χ1) is 12.2. The van der Waals surface area contributed by atoms with Crippen LogP contribution in [0.4, 0.5) is 0 Å². The number of imidazole rings is 1. The van der Waals surface area contributed by atoms with Crippen LogP contribution >= 0.6 is 0 Å². The fraction of sp³-hybridized carbons (Fsp3) is 0.136. The number of nitrogens with zero attached hydrogens (tertiary/aromatic N) is 2. The summed E-state index contributed by atoms with van der Waals surface area (Å²) in [5, 5.41) is 0. The van der Waals surface area contributed by atoms with E-state index in [0.29, 0.717) is 0 Å². The zero-order valence-electron chi connectivity index (χ0n) is 14.9. The van der Waals surface area contributed by atoms with Crippen LogP contribution in [0, 0.1) is 6.92 Å². The van der Waals surface area contributed by atoms with E-state index in [9.17, 15) is 0 Å². The van der Waals surface area contributed by atoms with E-state index in [1.807, 2.05) is 12.1 Å². The predicted molar refractivity (Wildman–Crippen MR) is 99.9 cm³/mol. The number of benzene rings is 2. The van der Waals surface area contributed by atoms with E-state index in [4.69, 9.17) is 4.74 Å². The lowest BCUT2D eigenvalue weighted by Crippen LogP contribution is -3.00. The van der Waals surface area contributed by atoms with Crippen molar-refractivity contribution in [2.45, 2.75) is 13.5 Å². The summed E-state index contributed by atoms with van der Waals surface area (Å²) in [5.41, 5.74) is 6.13. The monoisotopic (exact) mass is 408 g/mol. The fourth-order valence-electron chi connectivity index (χ4n) is 3.14. The molecule has 4 heteroatoms. The van der Waals surface area contributed by atoms with E-state index in [2.05, 4.69) is 82.9 Å². The molecule has 0 radical (unpaired) electrons. The van der Waals surface area contributed by atoms with Crippen molar-refractivity contribution in [3.63, 3.8) is 0 Å². The van der Waals surface area contributed by atoms with Gasteiger partial charge in [-0.2, -0.15) is 0 Å². The quantitative estimate of drug-likeness (QED) is 0.465. The molecule has 0 aliphatic heterocycles. The molecule has 0 aliphatic rings. The van der Waals surface area contributed by atoms with E-state index in [0.717, 1.165) is 12.3 Å². The summed E-state index contributed by atoms with van der Waals surface area (Å²) in [7, 11) is 1.70. The highest BCUT2D eigenvalue weighted by atomic mass is 79.9. The van der Waals surface area contributed by atoms with Crippen molar-refractivity contribution >= 4 is 5.65 Å². The van der Waals surface area contributed by atoms with Crippen molar-refractivity contribution in [3.8, 4) is 17.0 Å². The Labute approximate surface area is 164 Å². The molecule has 2 heterocycles. The summed E-state index contributed by atoms with van der Waals surface area (Å²) in [5.74, 6) is 0.884. The Morgan fingerprint density at radius 2 is 1.65 bits per heavy atom. The van der Waals surface area contributed by atoms with Gasteiger partial charge in [-0.05, 0) is 30.7 Å². The lowest BCUT2D eigenvalue weighted by atomic mass is 10.1. The second kappa shape index (κ2) is 7.75. The lowest BCUT2D eigenvalue weighted by molar-refractivity contribution is -0.510. The molecule has 0 saturated carbocycles. The van der Waals surface area contributed by atoms with Crippen molar-refractivity contribution in [2.75, 3.05) is 7.11 Å². The van der Waals surface area contributed by atoms with Crippen LogP contribution in [0.5, 0.6) is 5.75 Å². The van der Waals surface area contributed by atoms with E-state index in [1.165, 1.54) is 28.0 Å². The van der Waals surface area contributed by atoms with Crippen LogP contribution in [0.15, 0.2) is 79.1 Å². The van der Waals surface area contributed by atoms with Gasteiger partial charge < -0.3 is 21.7 Å². The summed E-state index contributed by atoms with van der Waals surface area (Å²) in [6.07, 6.45) is 4.29. The third-order valence-electron chi connectivity index (χ3n) is 4.54. The summed E-state index contributed by atoms with van der Waals surface area (Å²) < 4.78 is 9.80. The molecule has 0 spiro atoms. The molecule has 0 unspecified atom stereocenters. The molecule has 0 N–H and O–H groups in total. The minimum atomic E-state index is 0. The van der Waals surface area contributed by atoms with Crippen molar-refractivity contribution in [1.82, 2.24) is 4.57 Å². The third-order valence-corrected chi connectivity index (χ3v) is 4.54. The fourth-order valence-corrected chi connectivity index (χ4v) is 3.14. The van der Waals surface area contributed by atoms with Gasteiger partial charge in [-0.15, -0.1) is 0 Å². The number of ether oxygens (including phenoxy) is 1. The number of methoxy groups -OCH3 is 1. The summed E-state index contributed by atoms with van der Waals surface area (Å²) in [6.45, 7) is 2.93. The Morgan fingerprint density at radius 3 is 2.35 bits per heavy atom. The van der Waals surface area contributed by atoms with Crippen molar-refractivity contribution < 1.29 is 26.1 Å². The zero-order valence-corrected chi connectivity index (χ0v) is 16.5. The second-order valence-corrected chi connectivity index (χ2v) is 6.28. The van der Waals surface area contributed by atoms with E-state index < -0.39 is 0 Å².